The Morgan fingerprint density at radius 1 is 1.43 bits per heavy atom. The van der Waals surface area contributed by atoms with Crippen molar-refractivity contribution in [2.24, 2.45) is 5.73 Å². The predicted octanol–water partition coefficient (Wildman–Crippen LogP) is 2.88. The summed E-state index contributed by atoms with van der Waals surface area (Å²) >= 11 is 0. The molecule has 0 radical (unpaired) electrons. The molecule has 0 spiro atoms. The van der Waals surface area contributed by atoms with Crippen LogP contribution in [0.25, 0.3) is 0 Å². The van der Waals surface area contributed by atoms with Gasteiger partial charge in [-0.3, -0.25) is 0 Å². The van der Waals surface area contributed by atoms with Gasteiger partial charge in [0, 0.05) is 25.0 Å². The smallest absolute Gasteiger partial charge is 0.410 e. The van der Waals surface area contributed by atoms with Crippen LogP contribution in [-0.4, -0.2) is 35.7 Å². The molecule has 1 fully saturated rings. The fraction of sp³-hybridized carbons (Fsp3) is 0.562. The summed E-state index contributed by atoms with van der Waals surface area (Å²) in [4.78, 5) is 13.8. The standard InChI is InChI=1S/C16H23FN2O2/c1-16(2,3)21-15(20)19-8-7-14(18)13(10-19)11-5-4-6-12(17)9-11/h4-6,9,13-14H,7-8,10,18H2,1-3H3/t13-,14+/m0/s1. The molecule has 4 nitrogen and oxygen atoms in total. The normalized spacial score (nSPS) is 23.0. The average molecular weight is 294 g/mol. The van der Waals surface area contributed by atoms with Crippen LogP contribution in [0.1, 0.15) is 38.7 Å². The molecular formula is C16H23FN2O2. The Bertz CT molecular complexity index is 513. The molecule has 1 aliphatic heterocycles. The number of rotatable bonds is 1. The van der Waals surface area contributed by atoms with Crippen molar-refractivity contribution in [2.45, 2.75) is 44.8 Å². The van der Waals surface area contributed by atoms with Gasteiger partial charge < -0.3 is 15.4 Å². The molecule has 0 unspecified atom stereocenters. The molecule has 5 heteroatoms. The second kappa shape index (κ2) is 6.02. The van der Waals surface area contributed by atoms with Crippen molar-refractivity contribution in [3.05, 3.63) is 35.6 Å². The molecule has 2 N–H and O–H groups in total. The lowest BCUT2D eigenvalue weighted by Gasteiger charge is -2.37. The van der Waals surface area contributed by atoms with Crippen molar-refractivity contribution in [2.75, 3.05) is 13.1 Å². The number of piperidine rings is 1. The van der Waals surface area contributed by atoms with Gasteiger partial charge in [0.05, 0.1) is 0 Å². The van der Waals surface area contributed by atoms with E-state index in [0.29, 0.717) is 19.5 Å². The van der Waals surface area contributed by atoms with E-state index in [1.807, 2.05) is 26.8 Å². The molecule has 1 amide bonds. The lowest BCUT2D eigenvalue weighted by atomic mass is 9.86. The molecule has 1 heterocycles. The molecule has 2 atom stereocenters. The molecule has 0 aromatic heterocycles. The molecule has 21 heavy (non-hydrogen) atoms. The number of benzene rings is 1. The number of carbonyl (C=O) groups excluding carboxylic acids is 1. The second-order valence-corrected chi connectivity index (χ2v) is 6.54. The van der Waals surface area contributed by atoms with Gasteiger partial charge in [0.25, 0.3) is 0 Å². The van der Waals surface area contributed by atoms with Gasteiger partial charge in [-0.15, -0.1) is 0 Å². The molecule has 2 rings (SSSR count). The van der Waals surface area contributed by atoms with Crippen molar-refractivity contribution < 1.29 is 13.9 Å². The number of carbonyl (C=O) groups is 1. The van der Waals surface area contributed by atoms with E-state index in [4.69, 9.17) is 10.5 Å². The van der Waals surface area contributed by atoms with Crippen LogP contribution in [0.15, 0.2) is 24.3 Å². The van der Waals surface area contributed by atoms with Gasteiger partial charge in [0.1, 0.15) is 11.4 Å². The zero-order valence-corrected chi connectivity index (χ0v) is 12.8. The first-order valence-electron chi connectivity index (χ1n) is 7.25. The quantitative estimate of drug-likeness (QED) is 0.866. The van der Waals surface area contributed by atoms with Crippen LogP contribution < -0.4 is 5.73 Å². The zero-order valence-electron chi connectivity index (χ0n) is 12.8. The van der Waals surface area contributed by atoms with E-state index in [9.17, 15) is 9.18 Å². The third-order valence-electron chi connectivity index (χ3n) is 3.59. The summed E-state index contributed by atoms with van der Waals surface area (Å²) in [6.07, 6.45) is 0.344. The maximum absolute atomic E-state index is 13.4. The minimum absolute atomic E-state index is 0.0676. The maximum Gasteiger partial charge on any atom is 0.410 e. The Morgan fingerprint density at radius 2 is 2.14 bits per heavy atom. The Labute approximate surface area is 125 Å². The van der Waals surface area contributed by atoms with Gasteiger partial charge >= 0.3 is 6.09 Å². The van der Waals surface area contributed by atoms with Gasteiger partial charge in [-0.25, -0.2) is 9.18 Å². The third kappa shape index (κ3) is 4.17. The molecule has 0 aliphatic carbocycles. The van der Waals surface area contributed by atoms with E-state index in [1.54, 1.807) is 11.0 Å². The largest absolute Gasteiger partial charge is 0.444 e. The maximum atomic E-state index is 13.4. The topological polar surface area (TPSA) is 55.6 Å². The lowest BCUT2D eigenvalue weighted by molar-refractivity contribution is 0.0186. The van der Waals surface area contributed by atoms with E-state index >= 15 is 0 Å². The molecule has 116 valence electrons. The van der Waals surface area contributed by atoms with E-state index < -0.39 is 5.60 Å². The Balaban J connectivity index is 2.11. The number of hydrogen-bond donors (Lipinski definition) is 1. The van der Waals surface area contributed by atoms with E-state index in [1.165, 1.54) is 12.1 Å². The van der Waals surface area contributed by atoms with E-state index in [0.717, 1.165) is 5.56 Å². The molecular weight excluding hydrogens is 271 g/mol. The SMILES string of the molecule is CC(C)(C)OC(=O)N1CC[C@@H](N)[C@H](c2cccc(F)c2)C1. The predicted molar refractivity (Wildman–Crippen MR) is 79.5 cm³/mol. The first-order chi connectivity index (χ1) is 9.76. The molecule has 0 bridgehead atoms. The summed E-state index contributed by atoms with van der Waals surface area (Å²) < 4.78 is 18.8. The summed E-state index contributed by atoms with van der Waals surface area (Å²) in [5.74, 6) is -0.351. The van der Waals surface area contributed by atoms with Crippen LogP contribution >= 0.6 is 0 Å². The van der Waals surface area contributed by atoms with Gasteiger partial charge in [0.2, 0.25) is 0 Å². The minimum Gasteiger partial charge on any atom is -0.444 e. The number of likely N-dealkylation sites (tertiary alicyclic amines) is 1. The van der Waals surface area contributed by atoms with Crippen molar-refractivity contribution in [3.8, 4) is 0 Å². The van der Waals surface area contributed by atoms with Gasteiger partial charge in [-0.05, 0) is 44.9 Å². The summed E-state index contributed by atoms with van der Waals surface area (Å²) in [7, 11) is 0. The van der Waals surface area contributed by atoms with Crippen molar-refractivity contribution in [1.29, 1.82) is 0 Å². The lowest BCUT2D eigenvalue weighted by Crippen LogP contribution is -2.49. The fourth-order valence-electron chi connectivity index (χ4n) is 2.55. The summed E-state index contributed by atoms with van der Waals surface area (Å²) in [6, 6.07) is 6.34. The Kier molecular flexibility index (Phi) is 4.52. The highest BCUT2D eigenvalue weighted by Crippen LogP contribution is 2.27. The van der Waals surface area contributed by atoms with Gasteiger partial charge in [-0.2, -0.15) is 0 Å². The highest BCUT2D eigenvalue weighted by Gasteiger charge is 2.32. The first-order valence-corrected chi connectivity index (χ1v) is 7.25. The zero-order chi connectivity index (χ0) is 15.6. The number of ether oxygens (including phenoxy) is 1. The van der Waals surface area contributed by atoms with Crippen molar-refractivity contribution >= 4 is 6.09 Å². The van der Waals surface area contributed by atoms with Crippen LogP contribution in [0.3, 0.4) is 0 Å². The van der Waals surface area contributed by atoms with Crippen LogP contribution in [0.5, 0.6) is 0 Å². The number of nitrogens with two attached hydrogens (primary N) is 1. The minimum atomic E-state index is -0.523. The monoisotopic (exact) mass is 294 g/mol. The first kappa shape index (κ1) is 15.8. The number of hydrogen-bond acceptors (Lipinski definition) is 3. The number of nitrogens with zero attached hydrogens (tertiary/aromatic N) is 1. The molecule has 1 aromatic rings. The van der Waals surface area contributed by atoms with Crippen molar-refractivity contribution in [3.63, 3.8) is 0 Å². The number of halogens is 1. The molecule has 1 saturated heterocycles. The second-order valence-electron chi connectivity index (χ2n) is 6.54. The van der Waals surface area contributed by atoms with Crippen molar-refractivity contribution in [1.82, 2.24) is 4.90 Å². The Morgan fingerprint density at radius 3 is 2.76 bits per heavy atom. The summed E-state index contributed by atoms with van der Waals surface area (Å²) in [5, 5.41) is 0. The average Bonchev–Trinajstić information content (AvgIpc) is 2.37. The molecule has 1 aromatic carbocycles. The fourth-order valence-corrected chi connectivity index (χ4v) is 2.55. The van der Waals surface area contributed by atoms with Crippen LogP contribution in [-0.2, 0) is 4.74 Å². The third-order valence-corrected chi connectivity index (χ3v) is 3.59. The van der Waals surface area contributed by atoms with Gasteiger partial charge in [-0.1, -0.05) is 12.1 Å². The van der Waals surface area contributed by atoms with Crippen LogP contribution in [0.4, 0.5) is 9.18 Å². The molecule has 1 aliphatic rings. The summed E-state index contributed by atoms with van der Waals surface area (Å²) in [6.45, 7) is 6.54. The van der Waals surface area contributed by atoms with Crippen LogP contribution in [0, 0.1) is 5.82 Å². The molecule has 0 saturated carbocycles. The van der Waals surface area contributed by atoms with Gasteiger partial charge in [0.15, 0.2) is 0 Å². The Hall–Kier alpha value is -1.62. The summed E-state index contributed by atoms with van der Waals surface area (Å²) in [5.41, 5.74) is 6.46. The highest BCUT2D eigenvalue weighted by molar-refractivity contribution is 5.68. The van der Waals surface area contributed by atoms with Crippen LogP contribution in [0.2, 0.25) is 0 Å². The van der Waals surface area contributed by atoms with E-state index in [-0.39, 0.29) is 23.9 Å². The highest BCUT2D eigenvalue weighted by atomic mass is 19.1. The van der Waals surface area contributed by atoms with E-state index in [2.05, 4.69) is 0 Å². The number of amides is 1.